The molecule has 1 atom stereocenters. The number of esters is 1. The SMILES string of the molecule is CCCCN(C(=O)COC(=O)CCCCCNC(C)=O)C1CCS(=O)(=O)C1. The summed E-state index contributed by atoms with van der Waals surface area (Å²) >= 11 is 0. The molecule has 27 heavy (non-hydrogen) atoms. The third kappa shape index (κ3) is 9.74. The van der Waals surface area contributed by atoms with E-state index >= 15 is 0 Å². The molecule has 8 nitrogen and oxygen atoms in total. The molecular formula is C18H32N2O6S. The molecule has 1 heterocycles. The second kappa shape index (κ2) is 11.9. The summed E-state index contributed by atoms with van der Waals surface area (Å²) in [6, 6.07) is -0.318. The summed E-state index contributed by atoms with van der Waals surface area (Å²) in [6.45, 7) is 4.18. The fourth-order valence-corrected chi connectivity index (χ4v) is 4.72. The largest absolute Gasteiger partial charge is 0.456 e. The zero-order valence-electron chi connectivity index (χ0n) is 16.4. The molecule has 0 aliphatic carbocycles. The molecule has 0 bridgehead atoms. The molecule has 1 aliphatic rings. The minimum absolute atomic E-state index is 0.00923. The number of rotatable bonds is 12. The molecule has 0 spiro atoms. The van der Waals surface area contributed by atoms with E-state index in [1.807, 2.05) is 6.92 Å². The van der Waals surface area contributed by atoms with Crippen molar-refractivity contribution in [1.82, 2.24) is 10.2 Å². The zero-order valence-corrected chi connectivity index (χ0v) is 17.2. The Kier molecular flexibility index (Phi) is 10.4. The van der Waals surface area contributed by atoms with E-state index in [2.05, 4.69) is 5.32 Å². The monoisotopic (exact) mass is 404 g/mol. The van der Waals surface area contributed by atoms with Crippen LogP contribution in [0.25, 0.3) is 0 Å². The second-order valence-electron chi connectivity index (χ2n) is 6.95. The number of nitrogens with one attached hydrogen (secondary N) is 1. The van der Waals surface area contributed by atoms with Crippen molar-refractivity contribution in [3.63, 3.8) is 0 Å². The lowest BCUT2D eigenvalue weighted by Gasteiger charge is -2.28. The molecule has 0 aromatic rings. The molecule has 1 rings (SSSR count). The zero-order chi connectivity index (χ0) is 20.3. The Balaban J connectivity index is 2.33. The molecule has 1 unspecified atom stereocenters. The summed E-state index contributed by atoms with van der Waals surface area (Å²) in [4.78, 5) is 36.5. The van der Waals surface area contributed by atoms with E-state index in [4.69, 9.17) is 4.74 Å². The minimum Gasteiger partial charge on any atom is -0.456 e. The van der Waals surface area contributed by atoms with E-state index in [0.717, 1.165) is 25.7 Å². The van der Waals surface area contributed by atoms with Crippen molar-refractivity contribution in [3.8, 4) is 0 Å². The van der Waals surface area contributed by atoms with Crippen molar-refractivity contribution >= 4 is 27.6 Å². The predicted octanol–water partition coefficient (Wildman–Crippen LogP) is 1.04. The maximum Gasteiger partial charge on any atom is 0.306 e. The first kappa shape index (κ1) is 23.4. The molecule has 0 aromatic carbocycles. The van der Waals surface area contributed by atoms with Crippen LogP contribution in [-0.2, 0) is 29.0 Å². The van der Waals surface area contributed by atoms with Gasteiger partial charge in [-0.1, -0.05) is 19.8 Å². The topological polar surface area (TPSA) is 110 Å². The highest BCUT2D eigenvalue weighted by Crippen LogP contribution is 2.18. The lowest BCUT2D eigenvalue weighted by Crippen LogP contribution is -2.43. The molecule has 1 N–H and O–H groups in total. The Morgan fingerprint density at radius 2 is 1.89 bits per heavy atom. The highest BCUT2D eigenvalue weighted by atomic mass is 32.2. The Labute approximate surface area is 161 Å². The van der Waals surface area contributed by atoms with Crippen molar-refractivity contribution in [2.24, 2.45) is 0 Å². The number of unbranched alkanes of at least 4 members (excludes halogenated alkanes) is 3. The van der Waals surface area contributed by atoms with Crippen LogP contribution in [0.2, 0.25) is 0 Å². The fourth-order valence-electron chi connectivity index (χ4n) is 2.99. The maximum absolute atomic E-state index is 12.4. The maximum atomic E-state index is 12.4. The van der Waals surface area contributed by atoms with Crippen LogP contribution in [-0.4, -0.2) is 68.3 Å². The van der Waals surface area contributed by atoms with Crippen molar-refractivity contribution < 1.29 is 27.5 Å². The average Bonchev–Trinajstić information content (AvgIpc) is 2.95. The summed E-state index contributed by atoms with van der Waals surface area (Å²) < 4.78 is 28.5. The van der Waals surface area contributed by atoms with Gasteiger partial charge in [0.1, 0.15) is 0 Å². The van der Waals surface area contributed by atoms with Crippen molar-refractivity contribution in [3.05, 3.63) is 0 Å². The van der Waals surface area contributed by atoms with Gasteiger partial charge in [0.2, 0.25) is 5.91 Å². The Bertz CT molecular complexity index is 605. The molecule has 1 aliphatic heterocycles. The number of ether oxygens (including phenoxy) is 1. The van der Waals surface area contributed by atoms with Gasteiger partial charge in [0.25, 0.3) is 5.91 Å². The molecule has 156 valence electrons. The van der Waals surface area contributed by atoms with Gasteiger partial charge < -0.3 is 15.0 Å². The second-order valence-corrected chi connectivity index (χ2v) is 9.18. The van der Waals surface area contributed by atoms with Gasteiger partial charge in [-0.2, -0.15) is 0 Å². The molecule has 0 radical (unpaired) electrons. The average molecular weight is 405 g/mol. The van der Waals surface area contributed by atoms with Gasteiger partial charge in [-0.05, 0) is 25.7 Å². The summed E-state index contributed by atoms with van der Waals surface area (Å²) in [5.74, 6) is -0.742. The number of sulfone groups is 1. The van der Waals surface area contributed by atoms with Crippen LogP contribution in [0, 0.1) is 0 Å². The van der Waals surface area contributed by atoms with Gasteiger partial charge in [0.05, 0.1) is 11.5 Å². The third-order valence-corrected chi connectivity index (χ3v) is 6.26. The van der Waals surface area contributed by atoms with Crippen LogP contribution in [0.3, 0.4) is 0 Å². The number of carbonyl (C=O) groups excluding carboxylic acids is 3. The number of carbonyl (C=O) groups is 3. The number of hydrogen-bond acceptors (Lipinski definition) is 6. The van der Waals surface area contributed by atoms with Crippen molar-refractivity contribution in [1.29, 1.82) is 0 Å². The van der Waals surface area contributed by atoms with Crippen LogP contribution in [0.5, 0.6) is 0 Å². The van der Waals surface area contributed by atoms with E-state index in [-0.39, 0.29) is 42.4 Å². The van der Waals surface area contributed by atoms with E-state index in [1.54, 1.807) is 4.90 Å². The number of nitrogens with zero attached hydrogens (tertiary/aromatic N) is 1. The first-order valence-electron chi connectivity index (χ1n) is 9.65. The van der Waals surface area contributed by atoms with E-state index < -0.39 is 15.8 Å². The Morgan fingerprint density at radius 3 is 2.48 bits per heavy atom. The molecule has 0 aromatic heterocycles. The van der Waals surface area contributed by atoms with Crippen molar-refractivity contribution in [2.45, 2.75) is 64.8 Å². The van der Waals surface area contributed by atoms with Crippen LogP contribution >= 0.6 is 0 Å². The molecule has 1 saturated heterocycles. The van der Waals surface area contributed by atoms with Crippen LogP contribution in [0.4, 0.5) is 0 Å². The predicted molar refractivity (Wildman–Crippen MR) is 102 cm³/mol. The normalized spacial score (nSPS) is 18.1. The van der Waals surface area contributed by atoms with E-state index in [0.29, 0.717) is 25.9 Å². The Hall–Kier alpha value is -1.64. The highest BCUT2D eigenvalue weighted by Gasteiger charge is 2.34. The summed E-state index contributed by atoms with van der Waals surface area (Å²) in [5.41, 5.74) is 0. The molecule has 1 fully saturated rings. The molecular weight excluding hydrogens is 372 g/mol. The van der Waals surface area contributed by atoms with Gasteiger partial charge in [-0.3, -0.25) is 14.4 Å². The van der Waals surface area contributed by atoms with E-state index in [1.165, 1.54) is 6.92 Å². The van der Waals surface area contributed by atoms with E-state index in [9.17, 15) is 22.8 Å². The first-order valence-corrected chi connectivity index (χ1v) is 11.5. The lowest BCUT2D eigenvalue weighted by atomic mass is 10.2. The number of amides is 2. The quantitative estimate of drug-likeness (QED) is 0.384. The van der Waals surface area contributed by atoms with Crippen LogP contribution < -0.4 is 5.32 Å². The summed E-state index contributed by atoms with van der Waals surface area (Å²) in [7, 11) is -3.08. The minimum atomic E-state index is -3.08. The first-order chi connectivity index (χ1) is 12.7. The lowest BCUT2D eigenvalue weighted by molar-refractivity contribution is -0.153. The smallest absolute Gasteiger partial charge is 0.306 e. The van der Waals surface area contributed by atoms with Gasteiger partial charge >= 0.3 is 5.97 Å². The highest BCUT2D eigenvalue weighted by molar-refractivity contribution is 7.91. The molecule has 9 heteroatoms. The number of hydrogen-bond donors (Lipinski definition) is 1. The summed E-state index contributed by atoms with van der Waals surface area (Å²) in [5, 5.41) is 2.69. The molecule has 2 amide bonds. The standard InChI is InChI=1S/C18H32N2O6S/c1-3-4-11-20(16-9-12-27(24,25)14-16)17(22)13-26-18(23)8-6-5-7-10-19-15(2)21/h16H,3-14H2,1-2H3,(H,19,21). The van der Waals surface area contributed by atoms with Crippen LogP contribution in [0.1, 0.15) is 58.8 Å². The van der Waals surface area contributed by atoms with Gasteiger partial charge in [-0.25, -0.2) is 8.42 Å². The van der Waals surface area contributed by atoms with Gasteiger partial charge in [0.15, 0.2) is 16.4 Å². The van der Waals surface area contributed by atoms with Crippen molar-refractivity contribution in [2.75, 3.05) is 31.2 Å². The molecule has 0 saturated carbocycles. The van der Waals surface area contributed by atoms with Gasteiger partial charge in [0, 0.05) is 32.5 Å². The van der Waals surface area contributed by atoms with Gasteiger partial charge in [-0.15, -0.1) is 0 Å². The van der Waals surface area contributed by atoms with Crippen LogP contribution in [0.15, 0.2) is 0 Å². The third-order valence-electron chi connectivity index (χ3n) is 4.51. The summed E-state index contributed by atoms with van der Waals surface area (Å²) in [6.07, 6.45) is 4.54. The fraction of sp³-hybridized carbons (Fsp3) is 0.833. The Morgan fingerprint density at radius 1 is 1.15 bits per heavy atom.